The highest BCUT2D eigenvalue weighted by molar-refractivity contribution is 7.13. The number of hydrogen-bond acceptors (Lipinski definition) is 5. The van der Waals surface area contributed by atoms with Gasteiger partial charge in [-0.3, -0.25) is 14.5 Å². The van der Waals surface area contributed by atoms with Crippen molar-refractivity contribution in [3.63, 3.8) is 0 Å². The third-order valence-corrected chi connectivity index (χ3v) is 6.77. The fourth-order valence-electron chi connectivity index (χ4n) is 3.93. The van der Waals surface area contributed by atoms with Gasteiger partial charge >= 0.3 is 6.03 Å². The second-order valence-corrected chi connectivity index (χ2v) is 8.80. The average Bonchev–Trinajstić information content (AvgIpc) is 3.18. The molecule has 0 aromatic carbocycles. The van der Waals surface area contributed by atoms with Crippen molar-refractivity contribution in [1.29, 1.82) is 0 Å². The molecule has 2 aliphatic rings. The van der Waals surface area contributed by atoms with Gasteiger partial charge in [0.1, 0.15) is 12.1 Å². The number of imide groups is 1. The van der Waals surface area contributed by atoms with E-state index in [1.54, 1.807) is 11.6 Å². The molecule has 1 saturated carbocycles. The molecule has 26 heavy (non-hydrogen) atoms. The van der Waals surface area contributed by atoms with Gasteiger partial charge in [-0.05, 0) is 37.0 Å². The van der Waals surface area contributed by atoms with Gasteiger partial charge in [-0.2, -0.15) is 0 Å². The molecule has 2 heterocycles. The molecule has 1 saturated heterocycles. The fraction of sp³-hybridized carbons (Fsp3) is 0.667. The van der Waals surface area contributed by atoms with Crippen molar-refractivity contribution in [2.45, 2.75) is 58.4 Å². The number of rotatable bonds is 5. The molecule has 7 nitrogen and oxygen atoms in total. The zero-order valence-electron chi connectivity index (χ0n) is 15.5. The van der Waals surface area contributed by atoms with Crippen molar-refractivity contribution >= 4 is 34.3 Å². The van der Waals surface area contributed by atoms with Gasteiger partial charge in [-0.1, -0.05) is 27.2 Å². The van der Waals surface area contributed by atoms with Crippen LogP contribution in [0.15, 0.2) is 11.6 Å². The molecule has 1 aromatic rings. The summed E-state index contributed by atoms with van der Waals surface area (Å²) in [5.74, 6) is -0.143. The van der Waals surface area contributed by atoms with Crippen LogP contribution < -0.4 is 10.6 Å². The van der Waals surface area contributed by atoms with Gasteiger partial charge in [0.05, 0.1) is 0 Å². The van der Waals surface area contributed by atoms with E-state index in [1.165, 1.54) is 11.3 Å². The van der Waals surface area contributed by atoms with Crippen molar-refractivity contribution in [3.8, 4) is 0 Å². The highest BCUT2D eigenvalue weighted by Gasteiger charge is 2.53. The first-order valence-corrected chi connectivity index (χ1v) is 9.99. The lowest BCUT2D eigenvalue weighted by Crippen LogP contribution is -2.51. The SMILES string of the molecule is CCC(C)(C)C1CCC2(CC1)NC(=O)N(CC(=O)Nc1nccs1)C2=O. The van der Waals surface area contributed by atoms with Crippen molar-refractivity contribution in [2.75, 3.05) is 11.9 Å². The van der Waals surface area contributed by atoms with E-state index in [9.17, 15) is 14.4 Å². The summed E-state index contributed by atoms with van der Waals surface area (Å²) in [6.07, 6.45) is 5.76. The maximum Gasteiger partial charge on any atom is 0.325 e. The zero-order chi connectivity index (χ0) is 18.9. The Morgan fingerprint density at radius 3 is 2.69 bits per heavy atom. The van der Waals surface area contributed by atoms with Gasteiger partial charge in [-0.15, -0.1) is 11.3 Å². The molecule has 4 amide bonds. The number of carbonyl (C=O) groups excluding carboxylic acids is 3. The van der Waals surface area contributed by atoms with Crippen molar-refractivity contribution in [2.24, 2.45) is 11.3 Å². The summed E-state index contributed by atoms with van der Waals surface area (Å²) in [6, 6.07) is -0.475. The molecule has 1 spiro atoms. The van der Waals surface area contributed by atoms with E-state index in [0.717, 1.165) is 24.2 Å². The molecule has 0 bridgehead atoms. The monoisotopic (exact) mass is 378 g/mol. The summed E-state index contributed by atoms with van der Waals surface area (Å²) in [5.41, 5.74) is -0.598. The first kappa shape index (κ1) is 18.8. The smallest absolute Gasteiger partial charge is 0.323 e. The second-order valence-electron chi connectivity index (χ2n) is 7.91. The van der Waals surface area contributed by atoms with Crippen molar-refractivity contribution < 1.29 is 14.4 Å². The molecule has 1 aromatic heterocycles. The topological polar surface area (TPSA) is 91.4 Å². The van der Waals surface area contributed by atoms with E-state index < -0.39 is 17.5 Å². The number of amides is 4. The Hall–Kier alpha value is -1.96. The summed E-state index contributed by atoms with van der Waals surface area (Å²) in [7, 11) is 0. The molecule has 3 rings (SSSR count). The molecule has 142 valence electrons. The number of thiazole rings is 1. The lowest BCUT2D eigenvalue weighted by Gasteiger charge is -2.42. The van der Waals surface area contributed by atoms with E-state index in [4.69, 9.17) is 0 Å². The summed E-state index contributed by atoms with van der Waals surface area (Å²) in [4.78, 5) is 42.4. The highest BCUT2D eigenvalue weighted by Crippen LogP contribution is 2.45. The number of aromatic nitrogens is 1. The maximum atomic E-state index is 12.9. The third kappa shape index (κ3) is 3.47. The second kappa shape index (κ2) is 6.98. The van der Waals surface area contributed by atoms with E-state index in [2.05, 4.69) is 36.4 Å². The van der Waals surface area contributed by atoms with Gasteiger partial charge in [0.25, 0.3) is 5.91 Å². The molecule has 0 radical (unpaired) electrons. The summed E-state index contributed by atoms with van der Waals surface area (Å²) in [6.45, 7) is 6.44. The van der Waals surface area contributed by atoms with Crippen molar-refractivity contribution in [3.05, 3.63) is 11.6 Å². The standard InChI is InChI=1S/C18H26N4O3S/c1-4-17(2,3)12-5-7-18(8-6-12)14(24)22(16(25)21-18)11-13(23)20-15-19-9-10-26-15/h9-10,12H,4-8,11H2,1-3H3,(H,21,25)(H,19,20,23). The van der Waals surface area contributed by atoms with Crippen LogP contribution in [0, 0.1) is 11.3 Å². The molecule has 2 N–H and O–H groups in total. The molecular weight excluding hydrogens is 352 g/mol. The lowest BCUT2D eigenvalue weighted by atomic mass is 9.65. The zero-order valence-corrected chi connectivity index (χ0v) is 16.3. The van der Waals surface area contributed by atoms with Gasteiger partial charge in [-0.25, -0.2) is 9.78 Å². The fourth-order valence-corrected chi connectivity index (χ4v) is 4.47. The Morgan fingerprint density at radius 2 is 2.12 bits per heavy atom. The van der Waals surface area contributed by atoms with Crippen LogP contribution >= 0.6 is 11.3 Å². The minimum absolute atomic E-state index is 0.237. The summed E-state index contributed by atoms with van der Waals surface area (Å²) < 4.78 is 0. The number of nitrogens with one attached hydrogen (secondary N) is 2. The number of nitrogens with zero attached hydrogens (tertiary/aromatic N) is 2. The van der Waals surface area contributed by atoms with E-state index in [0.29, 0.717) is 23.9 Å². The number of urea groups is 1. The first-order chi connectivity index (χ1) is 12.3. The number of carbonyl (C=O) groups is 3. The average molecular weight is 378 g/mol. The molecule has 0 atom stereocenters. The van der Waals surface area contributed by atoms with Crippen LogP contribution in [0.5, 0.6) is 0 Å². The molecule has 1 aliphatic heterocycles. The van der Waals surface area contributed by atoms with Crippen LogP contribution in [0.1, 0.15) is 52.9 Å². The van der Waals surface area contributed by atoms with Crippen LogP contribution in [-0.2, 0) is 9.59 Å². The molecule has 1 aliphatic carbocycles. The predicted molar refractivity (Wildman–Crippen MR) is 99.7 cm³/mol. The minimum Gasteiger partial charge on any atom is -0.323 e. The summed E-state index contributed by atoms with van der Waals surface area (Å²) in [5, 5.41) is 7.68. The number of hydrogen-bond donors (Lipinski definition) is 2. The van der Waals surface area contributed by atoms with Crippen LogP contribution in [-0.4, -0.2) is 39.8 Å². The van der Waals surface area contributed by atoms with Crippen LogP contribution in [0.25, 0.3) is 0 Å². The van der Waals surface area contributed by atoms with Gasteiger partial charge < -0.3 is 10.6 Å². The molecule has 8 heteroatoms. The van der Waals surface area contributed by atoms with E-state index >= 15 is 0 Å². The Bertz CT molecular complexity index is 693. The number of anilines is 1. The van der Waals surface area contributed by atoms with E-state index in [-0.39, 0.29) is 17.9 Å². The highest BCUT2D eigenvalue weighted by atomic mass is 32.1. The predicted octanol–water partition coefficient (Wildman–Crippen LogP) is 3.00. The molecule has 0 unspecified atom stereocenters. The van der Waals surface area contributed by atoms with Gasteiger partial charge in [0.15, 0.2) is 5.13 Å². The first-order valence-electron chi connectivity index (χ1n) is 9.11. The lowest BCUT2D eigenvalue weighted by molar-refractivity contribution is -0.135. The Labute approximate surface area is 157 Å². The molecule has 2 fully saturated rings. The van der Waals surface area contributed by atoms with Crippen molar-refractivity contribution in [1.82, 2.24) is 15.2 Å². The minimum atomic E-state index is -0.834. The Balaban J connectivity index is 1.63. The van der Waals surface area contributed by atoms with Gasteiger partial charge in [0.2, 0.25) is 5.91 Å². The third-order valence-electron chi connectivity index (χ3n) is 6.08. The summed E-state index contributed by atoms with van der Waals surface area (Å²) >= 11 is 1.29. The van der Waals surface area contributed by atoms with E-state index in [1.807, 2.05) is 0 Å². The molecular formula is C18H26N4O3S. The van der Waals surface area contributed by atoms with Gasteiger partial charge in [0, 0.05) is 11.6 Å². The largest absolute Gasteiger partial charge is 0.325 e. The maximum absolute atomic E-state index is 12.9. The quantitative estimate of drug-likeness (QED) is 0.771. The van der Waals surface area contributed by atoms with Crippen LogP contribution in [0.2, 0.25) is 0 Å². The Morgan fingerprint density at radius 1 is 1.42 bits per heavy atom. The van der Waals surface area contributed by atoms with Crippen LogP contribution in [0.4, 0.5) is 9.93 Å². The Kier molecular flexibility index (Phi) is 5.05. The van der Waals surface area contributed by atoms with Crippen LogP contribution in [0.3, 0.4) is 0 Å². The normalized spacial score (nSPS) is 26.3.